The molecule has 1 N–H and O–H groups in total. The third-order valence-corrected chi connectivity index (χ3v) is 7.41. The predicted octanol–water partition coefficient (Wildman–Crippen LogP) is 4.62. The number of nitrogens with zero attached hydrogens (tertiary/aromatic N) is 2. The maximum Gasteiger partial charge on any atom is 0.299 e. The van der Waals surface area contributed by atoms with Gasteiger partial charge < -0.3 is 15.0 Å². The van der Waals surface area contributed by atoms with Gasteiger partial charge in [0.1, 0.15) is 18.3 Å². The number of ether oxygens (including phenoxy) is 1. The van der Waals surface area contributed by atoms with Crippen molar-refractivity contribution in [2.24, 2.45) is 5.92 Å². The number of para-hydroxylation sites is 1. The monoisotopic (exact) mass is 537 g/mol. The number of hydrogen-bond donors (Lipinski definition) is 1. The number of anilines is 2. The maximum absolute atomic E-state index is 14.1. The van der Waals surface area contributed by atoms with E-state index in [1.54, 1.807) is 60.5 Å². The molecule has 0 saturated carbocycles. The number of nitrogens with one attached hydrogen (secondary N) is 1. The molecule has 204 valence electrons. The smallest absolute Gasteiger partial charge is 0.299 e. The summed E-state index contributed by atoms with van der Waals surface area (Å²) in [5.74, 6) is -1.56. The van der Waals surface area contributed by atoms with Crippen LogP contribution in [0.1, 0.15) is 35.2 Å². The van der Waals surface area contributed by atoms with Crippen molar-refractivity contribution in [2.75, 3.05) is 23.9 Å². The molecule has 1 aliphatic carbocycles. The SMILES string of the molecule is COc1ccc(NC(=O)[C@H]([C@H]2CC=CCC2)N(Cc2ccccc2)C(=O)CN2C(=O)C(=O)c3ccccc32)cc1. The topological polar surface area (TPSA) is 96.0 Å². The van der Waals surface area contributed by atoms with Crippen molar-refractivity contribution in [3.63, 3.8) is 0 Å². The van der Waals surface area contributed by atoms with Gasteiger partial charge in [0.15, 0.2) is 0 Å². The van der Waals surface area contributed by atoms with Gasteiger partial charge in [-0.1, -0.05) is 54.6 Å². The van der Waals surface area contributed by atoms with Crippen LogP contribution in [-0.4, -0.2) is 48.1 Å². The van der Waals surface area contributed by atoms with Crippen molar-refractivity contribution in [1.82, 2.24) is 4.90 Å². The Morgan fingerprint density at radius 3 is 2.40 bits per heavy atom. The van der Waals surface area contributed by atoms with Gasteiger partial charge in [0.2, 0.25) is 11.8 Å². The number of benzene rings is 3. The second-order valence-corrected chi connectivity index (χ2v) is 9.95. The zero-order chi connectivity index (χ0) is 28.1. The number of ketones is 1. The summed E-state index contributed by atoms with van der Waals surface area (Å²) in [6.45, 7) is -0.165. The van der Waals surface area contributed by atoms with Gasteiger partial charge in [-0.2, -0.15) is 0 Å². The van der Waals surface area contributed by atoms with Crippen molar-refractivity contribution in [1.29, 1.82) is 0 Å². The lowest BCUT2D eigenvalue weighted by Gasteiger charge is -2.37. The Labute approximate surface area is 233 Å². The van der Waals surface area contributed by atoms with E-state index in [-0.39, 0.29) is 30.5 Å². The Balaban J connectivity index is 1.48. The van der Waals surface area contributed by atoms with Gasteiger partial charge in [-0.15, -0.1) is 0 Å². The first-order chi connectivity index (χ1) is 19.5. The number of carbonyl (C=O) groups excluding carboxylic acids is 4. The van der Waals surface area contributed by atoms with E-state index in [0.717, 1.165) is 18.4 Å². The van der Waals surface area contributed by atoms with Crippen molar-refractivity contribution in [3.8, 4) is 5.75 Å². The number of rotatable bonds is 9. The minimum absolute atomic E-state index is 0.126. The van der Waals surface area contributed by atoms with Crippen LogP contribution in [0.3, 0.4) is 0 Å². The summed E-state index contributed by atoms with van der Waals surface area (Å²) in [7, 11) is 1.57. The third-order valence-electron chi connectivity index (χ3n) is 7.41. The first-order valence-corrected chi connectivity index (χ1v) is 13.3. The largest absolute Gasteiger partial charge is 0.497 e. The van der Waals surface area contributed by atoms with Crippen molar-refractivity contribution in [2.45, 2.75) is 31.8 Å². The Morgan fingerprint density at radius 1 is 0.975 bits per heavy atom. The molecule has 1 aliphatic heterocycles. The highest BCUT2D eigenvalue weighted by Gasteiger charge is 2.41. The highest BCUT2D eigenvalue weighted by Crippen LogP contribution is 2.31. The highest BCUT2D eigenvalue weighted by atomic mass is 16.5. The average molecular weight is 538 g/mol. The number of hydrogen-bond acceptors (Lipinski definition) is 5. The quantitative estimate of drug-likeness (QED) is 0.318. The van der Waals surface area contributed by atoms with Crippen molar-refractivity contribution >= 4 is 34.9 Å². The predicted molar refractivity (Wildman–Crippen MR) is 152 cm³/mol. The van der Waals surface area contributed by atoms with Gasteiger partial charge in [-0.25, -0.2) is 0 Å². The molecule has 2 atom stereocenters. The van der Waals surface area contributed by atoms with E-state index in [9.17, 15) is 19.2 Å². The molecule has 3 aromatic rings. The normalized spacial score (nSPS) is 16.8. The van der Waals surface area contributed by atoms with Crippen LogP contribution in [0, 0.1) is 5.92 Å². The number of carbonyl (C=O) groups is 4. The van der Waals surface area contributed by atoms with Crippen LogP contribution in [0.25, 0.3) is 0 Å². The Kier molecular flexibility index (Phi) is 8.05. The lowest BCUT2D eigenvalue weighted by Crippen LogP contribution is -2.54. The molecule has 0 bridgehead atoms. The van der Waals surface area contributed by atoms with Gasteiger partial charge in [-0.05, 0) is 67.1 Å². The molecule has 0 fully saturated rings. The Bertz CT molecular complexity index is 1430. The minimum atomic E-state index is -0.802. The van der Waals surface area contributed by atoms with Crippen LogP contribution < -0.4 is 15.0 Å². The van der Waals surface area contributed by atoms with Crippen molar-refractivity contribution < 1.29 is 23.9 Å². The molecule has 0 unspecified atom stereocenters. The van der Waals surface area contributed by atoms with E-state index in [1.807, 2.05) is 36.4 Å². The molecular formula is C32H31N3O5. The number of fused-ring (bicyclic) bond motifs is 1. The van der Waals surface area contributed by atoms with Gasteiger partial charge in [0, 0.05) is 12.2 Å². The molecule has 3 amide bonds. The van der Waals surface area contributed by atoms with Crippen LogP contribution in [0.15, 0.2) is 91.0 Å². The minimum Gasteiger partial charge on any atom is -0.497 e. The first kappa shape index (κ1) is 26.9. The fourth-order valence-corrected chi connectivity index (χ4v) is 5.36. The van der Waals surface area contributed by atoms with E-state index in [4.69, 9.17) is 4.74 Å². The van der Waals surface area contributed by atoms with Gasteiger partial charge in [-0.3, -0.25) is 24.1 Å². The fourth-order valence-electron chi connectivity index (χ4n) is 5.36. The zero-order valence-electron chi connectivity index (χ0n) is 22.3. The second-order valence-electron chi connectivity index (χ2n) is 9.95. The highest BCUT2D eigenvalue weighted by molar-refractivity contribution is 6.52. The number of allylic oxidation sites excluding steroid dienone is 2. The number of methoxy groups -OCH3 is 1. The zero-order valence-corrected chi connectivity index (χ0v) is 22.3. The second kappa shape index (κ2) is 12.0. The molecule has 2 aliphatic rings. The molecule has 0 saturated heterocycles. The maximum atomic E-state index is 14.1. The third kappa shape index (κ3) is 5.66. The molecule has 5 rings (SSSR count). The summed E-state index contributed by atoms with van der Waals surface area (Å²) in [5, 5.41) is 2.99. The van der Waals surface area contributed by atoms with E-state index >= 15 is 0 Å². The standard InChI is InChI=1S/C32H31N3O5/c1-40-25-18-16-24(17-19-25)33-31(38)29(23-12-6-3-7-13-23)35(20-22-10-4-2-5-11-22)28(36)21-34-27-15-9-8-14-26(27)30(37)32(34)39/h2-6,8-11,14-19,23,29H,7,12-13,20-21H2,1H3,(H,33,38)/t23-,29-/m0/s1. The van der Waals surface area contributed by atoms with Crippen LogP contribution in [-0.2, 0) is 20.9 Å². The van der Waals surface area contributed by atoms with Crippen LogP contribution >= 0.6 is 0 Å². The number of amides is 3. The summed E-state index contributed by atoms with van der Waals surface area (Å²) < 4.78 is 5.23. The Hall–Kier alpha value is -4.72. The average Bonchev–Trinajstić information content (AvgIpc) is 3.23. The molecule has 0 aromatic heterocycles. The molecule has 3 aromatic carbocycles. The van der Waals surface area contributed by atoms with Gasteiger partial charge >= 0.3 is 0 Å². The summed E-state index contributed by atoms with van der Waals surface area (Å²) in [5.41, 5.74) is 2.13. The van der Waals surface area contributed by atoms with Gasteiger partial charge in [0.05, 0.1) is 18.4 Å². The van der Waals surface area contributed by atoms with Gasteiger partial charge in [0.25, 0.3) is 11.7 Å². The summed E-state index contributed by atoms with van der Waals surface area (Å²) in [4.78, 5) is 56.3. The van der Waals surface area contributed by atoms with Crippen LogP contribution in [0.2, 0.25) is 0 Å². The van der Waals surface area contributed by atoms with Crippen LogP contribution in [0.5, 0.6) is 5.75 Å². The molecular weight excluding hydrogens is 506 g/mol. The molecule has 40 heavy (non-hydrogen) atoms. The summed E-state index contributed by atoms with van der Waals surface area (Å²) >= 11 is 0. The first-order valence-electron chi connectivity index (χ1n) is 13.3. The molecule has 0 radical (unpaired) electrons. The summed E-state index contributed by atoms with van der Waals surface area (Å²) in [6, 6.07) is 22.3. The lowest BCUT2D eigenvalue weighted by molar-refractivity contribution is -0.140. The fraction of sp³-hybridized carbons (Fsp3) is 0.250. The number of Topliss-reactive ketones (excluding diaryl/α,β-unsaturated/α-hetero) is 1. The molecule has 8 heteroatoms. The molecule has 8 nitrogen and oxygen atoms in total. The summed E-state index contributed by atoms with van der Waals surface area (Å²) in [6.07, 6.45) is 6.31. The molecule has 1 heterocycles. The van der Waals surface area contributed by atoms with Crippen molar-refractivity contribution in [3.05, 3.63) is 102 Å². The molecule has 0 spiro atoms. The van der Waals surface area contributed by atoms with E-state index in [0.29, 0.717) is 23.5 Å². The van der Waals surface area contributed by atoms with E-state index in [1.165, 1.54) is 4.90 Å². The Morgan fingerprint density at radius 2 is 1.70 bits per heavy atom. The lowest BCUT2D eigenvalue weighted by atomic mass is 9.85. The van der Waals surface area contributed by atoms with E-state index < -0.39 is 23.6 Å². The van der Waals surface area contributed by atoms with Crippen LogP contribution in [0.4, 0.5) is 11.4 Å². The van der Waals surface area contributed by atoms with E-state index in [2.05, 4.69) is 11.4 Å².